The molecule has 8 nitrogen and oxygen atoms in total. The number of aromatic nitrogens is 2. The van der Waals surface area contributed by atoms with Crippen LogP contribution in [0.1, 0.15) is 21.7 Å². The van der Waals surface area contributed by atoms with Gasteiger partial charge in [0.15, 0.2) is 0 Å². The molecule has 29 heavy (non-hydrogen) atoms. The Kier molecular flexibility index (Phi) is 7.12. The standard InChI is InChI=1S/C20H21N5O3S/c1-14-7-8-29-18(14)11-23-25-19(26)17(9-16-10-21-13-22-16)24-20(27)28-12-15-5-3-2-4-6-15/h2-8,10-11,13,17H,9,12H2,1H3,(H,21,22)(H,24,27)(H,25,26)/b23-11-/t17-/m0/s1. The smallest absolute Gasteiger partial charge is 0.408 e. The van der Waals surface area contributed by atoms with Gasteiger partial charge in [0.25, 0.3) is 5.91 Å². The number of nitrogens with one attached hydrogen (secondary N) is 3. The Morgan fingerprint density at radius 1 is 1.31 bits per heavy atom. The van der Waals surface area contributed by atoms with Gasteiger partial charge in [0, 0.05) is 23.2 Å². The lowest BCUT2D eigenvalue weighted by Gasteiger charge is -2.16. The number of imidazole rings is 1. The van der Waals surface area contributed by atoms with Crippen LogP contribution in [-0.4, -0.2) is 34.2 Å². The fourth-order valence-electron chi connectivity index (χ4n) is 2.48. The summed E-state index contributed by atoms with van der Waals surface area (Å²) in [6, 6.07) is 10.4. The molecule has 0 saturated heterocycles. The Morgan fingerprint density at radius 2 is 2.14 bits per heavy atom. The second-order valence-electron chi connectivity index (χ2n) is 6.24. The number of carbonyl (C=O) groups excluding carboxylic acids is 2. The molecule has 2 amide bonds. The van der Waals surface area contributed by atoms with E-state index in [0.29, 0.717) is 5.69 Å². The van der Waals surface area contributed by atoms with E-state index in [4.69, 9.17) is 4.74 Å². The van der Waals surface area contributed by atoms with Gasteiger partial charge in [-0.25, -0.2) is 15.2 Å². The minimum atomic E-state index is -0.875. The highest BCUT2D eigenvalue weighted by Crippen LogP contribution is 2.12. The van der Waals surface area contributed by atoms with Crippen molar-refractivity contribution in [2.24, 2.45) is 5.10 Å². The Morgan fingerprint density at radius 3 is 2.83 bits per heavy atom. The van der Waals surface area contributed by atoms with Crippen LogP contribution < -0.4 is 10.7 Å². The molecule has 0 aliphatic heterocycles. The summed E-state index contributed by atoms with van der Waals surface area (Å²) in [5.41, 5.74) is 5.10. The summed E-state index contributed by atoms with van der Waals surface area (Å²) in [7, 11) is 0. The number of thiophene rings is 1. The second kappa shape index (κ2) is 10.2. The zero-order valence-corrected chi connectivity index (χ0v) is 16.6. The van der Waals surface area contributed by atoms with Crippen LogP contribution in [0.4, 0.5) is 4.79 Å². The first-order chi connectivity index (χ1) is 14.1. The maximum Gasteiger partial charge on any atom is 0.408 e. The summed E-state index contributed by atoms with van der Waals surface area (Å²) in [6.07, 6.45) is 4.22. The highest BCUT2D eigenvalue weighted by Gasteiger charge is 2.22. The summed E-state index contributed by atoms with van der Waals surface area (Å²) in [6.45, 7) is 2.08. The molecule has 2 heterocycles. The molecule has 2 aromatic heterocycles. The molecule has 0 bridgehead atoms. The van der Waals surface area contributed by atoms with Crippen molar-refractivity contribution in [3.63, 3.8) is 0 Å². The Labute approximate surface area is 172 Å². The number of carbonyl (C=O) groups is 2. The third-order valence-electron chi connectivity index (χ3n) is 4.06. The number of hydrazone groups is 1. The van der Waals surface area contributed by atoms with Gasteiger partial charge in [0.05, 0.1) is 12.5 Å². The number of aryl methyl sites for hydroxylation is 1. The summed E-state index contributed by atoms with van der Waals surface area (Å²) in [4.78, 5) is 32.6. The summed E-state index contributed by atoms with van der Waals surface area (Å²) in [5.74, 6) is -0.457. The number of hydrogen-bond donors (Lipinski definition) is 3. The molecule has 3 aromatic rings. The Balaban J connectivity index is 1.59. The SMILES string of the molecule is Cc1ccsc1/C=N\NC(=O)[C@H](Cc1cnc[nH]1)NC(=O)OCc1ccccc1. The number of H-pyrrole nitrogens is 1. The molecular formula is C20H21N5O3S. The molecule has 3 rings (SSSR count). The molecule has 0 saturated carbocycles. The molecule has 3 N–H and O–H groups in total. The number of alkyl carbamates (subject to hydrolysis) is 1. The van der Waals surface area contributed by atoms with Crippen molar-refractivity contribution in [1.29, 1.82) is 0 Å². The molecule has 0 radical (unpaired) electrons. The van der Waals surface area contributed by atoms with Crippen LogP contribution in [0.25, 0.3) is 0 Å². The van der Waals surface area contributed by atoms with Crippen LogP contribution in [0.3, 0.4) is 0 Å². The number of ether oxygens (including phenoxy) is 1. The first-order valence-corrected chi connectivity index (χ1v) is 9.81. The molecule has 1 atom stereocenters. The third kappa shape index (κ3) is 6.28. The van der Waals surface area contributed by atoms with Crippen molar-refractivity contribution >= 4 is 29.6 Å². The van der Waals surface area contributed by atoms with E-state index in [1.54, 1.807) is 12.4 Å². The summed E-state index contributed by atoms with van der Waals surface area (Å²) < 4.78 is 5.21. The molecule has 0 spiro atoms. The maximum absolute atomic E-state index is 12.6. The topological polar surface area (TPSA) is 108 Å². The van der Waals surface area contributed by atoms with Gasteiger partial charge in [0.1, 0.15) is 12.6 Å². The van der Waals surface area contributed by atoms with Crippen molar-refractivity contribution in [3.05, 3.63) is 76.0 Å². The molecule has 150 valence electrons. The lowest BCUT2D eigenvalue weighted by atomic mass is 10.1. The minimum Gasteiger partial charge on any atom is -0.445 e. The Bertz CT molecular complexity index is 954. The zero-order chi connectivity index (χ0) is 20.5. The fraction of sp³-hybridized carbons (Fsp3) is 0.200. The quantitative estimate of drug-likeness (QED) is 0.391. The zero-order valence-electron chi connectivity index (χ0n) is 15.8. The number of hydrogen-bond acceptors (Lipinski definition) is 6. The lowest BCUT2D eigenvalue weighted by Crippen LogP contribution is -2.47. The van der Waals surface area contributed by atoms with Crippen LogP contribution in [0, 0.1) is 6.92 Å². The first kappa shape index (κ1) is 20.3. The van der Waals surface area contributed by atoms with Gasteiger partial charge in [-0.05, 0) is 29.5 Å². The van der Waals surface area contributed by atoms with Crippen molar-refractivity contribution in [2.75, 3.05) is 0 Å². The van der Waals surface area contributed by atoms with Crippen molar-refractivity contribution in [2.45, 2.75) is 26.0 Å². The van der Waals surface area contributed by atoms with E-state index in [2.05, 4.69) is 25.8 Å². The number of nitrogens with zero attached hydrogens (tertiary/aromatic N) is 2. The molecular weight excluding hydrogens is 390 g/mol. The van der Waals surface area contributed by atoms with E-state index < -0.39 is 18.0 Å². The molecule has 0 aliphatic carbocycles. The maximum atomic E-state index is 12.6. The lowest BCUT2D eigenvalue weighted by molar-refractivity contribution is -0.123. The van der Waals surface area contributed by atoms with Gasteiger partial charge in [-0.1, -0.05) is 30.3 Å². The third-order valence-corrected chi connectivity index (χ3v) is 5.01. The van der Waals surface area contributed by atoms with Gasteiger partial charge in [-0.3, -0.25) is 4.79 Å². The van der Waals surface area contributed by atoms with Gasteiger partial charge in [-0.2, -0.15) is 5.10 Å². The minimum absolute atomic E-state index is 0.112. The number of aromatic amines is 1. The van der Waals surface area contributed by atoms with E-state index in [9.17, 15) is 9.59 Å². The number of amides is 2. The highest BCUT2D eigenvalue weighted by molar-refractivity contribution is 7.11. The average Bonchev–Trinajstić information content (AvgIpc) is 3.38. The highest BCUT2D eigenvalue weighted by atomic mass is 32.1. The van der Waals surface area contributed by atoms with Crippen LogP contribution >= 0.6 is 11.3 Å². The number of rotatable bonds is 8. The molecule has 0 aliphatic rings. The van der Waals surface area contributed by atoms with Crippen molar-refractivity contribution in [3.8, 4) is 0 Å². The molecule has 9 heteroatoms. The van der Waals surface area contributed by atoms with Gasteiger partial charge >= 0.3 is 6.09 Å². The molecule has 0 unspecified atom stereocenters. The van der Waals surface area contributed by atoms with Crippen LogP contribution in [0.2, 0.25) is 0 Å². The summed E-state index contributed by atoms with van der Waals surface area (Å²) >= 11 is 1.52. The van der Waals surface area contributed by atoms with E-state index in [0.717, 1.165) is 16.0 Å². The van der Waals surface area contributed by atoms with Crippen LogP contribution in [0.5, 0.6) is 0 Å². The van der Waals surface area contributed by atoms with E-state index in [1.165, 1.54) is 17.7 Å². The second-order valence-corrected chi connectivity index (χ2v) is 7.19. The van der Waals surface area contributed by atoms with Crippen molar-refractivity contribution in [1.82, 2.24) is 20.7 Å². The van der Waals surface area contributed by atoms with E-state index >= 15 is 0 Å². The number of benzene rings is 1. The average molecular weight is 411 g/mol. The van der Waals surface area contributed by atoms with E-state index in [1.807, 2.05) is 48.7 Å². The van der Waals surface area contributed by atoms with Crippen LogP contribution in [-0.2, 0) is 22.6 Å². The Hall–Kier alpha value is -3.46. The first-order valence-electron chi connectivity index (χ1n) is 8.93. The summed E-state index contributed by atoms with van der Waals surface area (Å²) in [5, 5.41) is 8.53. The molecule has 0 fully saturated rings. The van der Waals surface area contributed by atoms with Crippen molar-refractivity contribution < 1.29 is 14.3 Å². The van der Waals surface area contributed by atoms with E-state index in [-0.39, 0.29) is 13.0 Å². The predicted molar refractivity (Wildman–Crippen MR) is 111 cm³/mol. The van der Waals surface area contributed by atoms with Gasteiger partial charge in [0.2, 0.25) is 0 Å². The van der Waals surface area contributed by atoms with Crippen LogP contribution in [0.15, 0.2) is 59.4 Å². The predicted octanol–water partition coefficient (Wildman–Crippen LogP) is 2.77. The van der Waals surface area contributed by atoms with Gasteiger partial charge in [-0.15, -0.1) is 11.3 Å². The largest absolute Gasteiger partial charge is 0.445 e. The fourth-order valence-corrected chi connectivity index (χ4v) is 3.27. The van der Waals surface area contributed by atoms with Gasteiger partial charge < -0.3 is 15.0 Å². The normalized spacial score (nSPS) is 11.9. The monoisotopic (exact) mass is 411 g/mol. The molecule has 1 aromatic carbocycles.